The molecule has 0 saturated carbocycles. The van der Waals surface area contributed by atoms with Crippen molar-refractivity contribution in [3.63, 3.8) is 0 Å². The molecule has 4 atom stereocenters. The number of hydrogen-bond acceptors (Lipinski definition) is 7. The summed E-state index contributed by atoms with van der Waals surface area (Å²) in [5.74, 6) is 2.41. The number of methoxy groups -OCH3 is 1. The monoisotopic (exact) mass is 436 g/mol. The van der Waals surface area contributed by atoms with Gasteiger partial charge in [-0.15, -0.1) is 0 Å². The smallest absolute Gasteiger partial charge is 0.129 e. The van der Waals surface area contributed by atoms with E-state index in [4.69, 9.17) is 14.7 Å². The molecule has 2 fully saturated rings. The molecular formula is C25H36N6O. The Hall–Kier alpha value is -2.22. The quantitative estimate of drug-likeness (QED) is 0.722. The fourth-order valence-corrected chi connectivity index (χ4v) is 5.68. The fraction of sp³-hybridized carbons (Fsp3) is 0.600. The number of allylic oxidation sites excluding steroid dienone is 2. The highest BCUT2D eigenvalue weighted by atomic mass is 16.5. The molecule has 0 N–H and O–H groups in total. The number of likely N-dealkylation sites (N-methyl/N-ethyl adjacent to an activating group) is 2. The van der Waals surface area contributed by atoms with Gasteiger partial charge in [-0.05, 0) is 57.6 Å². The molecule has 1 aromatic rings. The van der Waals surface area contributed by atoms with Gasteiger partial charge >= 0.3 is 0 Å². The topological polar surface area (TPSA) is 47.4 Å². The largest absolute Gasteiger partial charge is 0.381 e. The number of aliphatic imine (C=N–C) groups is 1. The SMILES string of the molecule is CO[C@H]1C[C@H](C2CN3C(N4CCN(C)CC4)=CC=CC3=N2)N(C)[C@H](c2ncccc2C)C1. The maximum atomic E-state index is 5.91. The zero-order chi connectivity index (χ0) is 22.2. The molecule has 5 rings (SSSR count). The number of ether oxygens (including phenoxy) is 1. The number of piperazine rings is 1. The molecule has 2 saturated heterocycles. The van der Waals surface area contributed by atoms with Gasteiger partial charge < -0.3 is 19.4 Å². The lowest BCUT2D eigenvalue weighted by Crippen LogP contribution is -2.52. The Labute approximate surface area is 192 Å². The van der Waals surface area contributed by atoms with Crippen LogP contribution in [0, 0.1) is 6.92 Å². The number of piperidine rings is 1. The maximum absolute atomic E-state index is 5.91. The van der Waals surface area contributed by atoms with E-state index in [0.717, 1.165) is 51.4 Å². The average molecular weight is 437 g/mol. The van der Waals surface area contributed by atoms with Crippen LogP contribution in [0.5, 0.6) is 0 Å². The predicted octanol–water partition coefficient (Wildman–Crippen LogP) is 2.28. The second-order valence-corrected chi connectivity index (χ2v) is 9.62. The van der Waals surface area contributed by atoms with Crippen molar-refractivity contribution in [3.05, 3.63) is 53.6 Å². The number of rotatable bonds is 4. The summed E-state index contributed by atoms with van der Waals surface area (Å²) in [4.78, 5) is 19.8. The average Bonchev–Trinajstić information content (AvgIpc) is 3.25. The zero-order valence-electron chi connectivity index (χ0n) is 19.8. The van der Waals surface area contributed by atoms with Crippen LogP contribution in [0.4, 0.5) is 0 Å². The first-order valence-corrected chi connectivity index (χ1v) is 11.9. The van der Waals surface area contributed by atoms with Crippen LogP contribution in [-0.2, 0) is 4.74 Å². The number of fused-ring (bicyclic) bond motifs is 1. The van der Waals surface area contributed by atoms with Gasteiger partial charge in [-0.25, -0.2) is 0 Å². The first-order valence-electron chi connectivity index (χ1n) is 11.9. The molecule has 0 aromatic carbocycles. The minimum atomic E-state index is 0.220. The Morgan fingerprint density at radius 2 is 1.91 bits per heavy atom. The second-order valence-electron chi connectivity index (χ2n) is 9.62. The third-order valence-corrected chi connectivity index (χ3v) is 7.69. The molecule has 0 bridgehead atoms. The highest BCUT2D eigenvalue weighted by molar-refractivity contribution is 5.97. The number of hydrogen-bond donors (Lipinski definition) is 0. The van der Waals surface area contributed by atoms with Crippen LogP contribution in [0.15, 0.2) is 47.4 Å². The van der Waals surface area contributed by atoms with E-state index in [1.165, 1.54) is 17.1 Å². The van der Waals surface area contributed by atoms with Crippen molar-refractivity contribution >= 4 is 5.84 Å². The van der Waals surface area contributed by atoms with Crippen molar-refractivity contribution in [1.29, 1.82) is 0 Å². The van der Waals surface area contributed by atoms with Gasteiger partial charge in [0, 0.05) is 52.1 Å². The Morgan fingerprint density at radius 3 is 2.66 bits per heavy atom. The van der Waals surface area contributed by atoms with Crippen molar-refractivity contribution in [2.24, 2.45) is 4.99 Å². The third-order valence-electron chi connectivity index (χ3n) is 7.69. The molecule has 172 valence electrons. The maximum Gasteiger partial charge on any atom is 0.129 e. The van der Waals surface area contributed by atoms with Crippen LogP contribution < -0.4 is 0 Å². The van der Waals surface area contributed by atoms with Gasteiger partial charge in [0.1, 0.15) is 11.7 Å². The van der Waals surface area contributed by atoms with E-state index in [0.29, 0.717) is 6.04 Å². The van der Waals surface area contributed by atoms with Crippen LogP contribution in [0.1, 0.15) is 30.1 Å². The van der Waals surface area contributed by atoms with Crippen molar-refractivity contribution in [1.82, 2.24) is 24.6 Å². The molecule has 0 aliphatic carbocycles. The van der Waals surface area contributed by atoms with Gasteiger partial charge in [-0.1, -0.05) is 12.1 Å². The summed E-state index contributed by atoms with van der Waals surface area (Å²) in [5, 5.41) is 0. The molecule has 4 aliphatic heterocycles. The minimum Gasteiger partial charge on any atom is -0.381 e. The van der Waals surface area contributed by atoms with Crippen LogP contribution >= 0.6 is 0 Å². The zero-order valence-corrected chi connectivity index (χ0v) is 19.8. The van der Waals surface area contributed by atoms with Gasteiger partial charge in [0.2, 0.25) is 0 Å². The number of likely N-dealkylation sites (tertiary alicyclic amines) is 1. The molecule has 1 aromatic heterocycles. The van der Waals surface area contributed by atoms with Crippen LogP contribution in [0.25, 0.3) is 0 Å². The molecular weight excluding hydrogens is 400 g/mol. The molecule has 4 aliphatic rings. The molecule has 32 heavy (non-hydrogen) atoms. The van der Waals surface area contributed by atoms with E-state index in [-0.39, 0.29) is 18.2 Å². The van der Waals surface area contributed by atoms with Gasteiger partial charge in [0.05, 0.1) is 23.9 Å². The van der Waals surface area contributed by atoms with Crippen molar-refractivity contribution in [2.75, 3.05) is 53.9 Å². The Bertz CT molecular complexity index is 919. The molecule has 5 heterocycles. The van der Waals surface area contributed by atoms with Gasteiger partial charge in [0.15, 0.2) is 0 Å². The van der Waals surface area contributed by atoms with Crippen molar-refractivity contribution in [3.8, 4) is 0 Å². The van der Waals surface area contributed by atoms with Crippen LogP contribution in [-0.4, -0.2) is 103 Å². The molecule has 0 radical (unpaired) electrons. The Balaban J connectivity index is 1.37. The molecule has 7 nitrogen and oxygen atoms in total. The summed E-state index contributed by atoms with van der Waals surface area (Å²) in [6.45, 7) is 7.45. The minimum absolute atomic E-state index is 0.220. The molecule has 1 unspecified atom stereocenters. The summed E-state index contributed by atoms with van der Waals surface area (Å²) in [5.41, 5.74) is 2.42. The highest BCUT2D eigenvalue weighted by Crippen LogP contribution is 2.38. The second kappa shape index (κ2) is 8.96. The summed E-state index contributed by atoms with van der Waals surface area (Å²) in [7, 11) is 6.30. The van der Waals surface area contributed by atoms with Crippen LogP contribution in [0.3, 0.4) is 0 Å². The van der Waals surface area contributed by atoms with E-state index in [1.807, 2.05) is 19.4 Å². The van der Waals surface area contributed by atoms with Crippen molar-refractivity contribution < 1.29 is 4.74 Å². The lowest BCUT2D eigenvalue weighted by molar-refractivity contribution is -0.0194. The van der Waals surface area contributed by atoms with E-state index in [2.05, 4.69) is 64.9 Å². The summed E-state index contributed by atoms with van der Waals surface area (Å²) >= 11 is 0. The number of pyridine rings is 1. The molecule has 7 heteroatoms. The van der Waals surface area contributed by atoms with Gasteiger partial charge in [0.25, 0.3) is 0 Å². The lowest BCUT2D eigenvalue weighted by Gasteiger charge is -2.45. The summed E-state index contributed by atoms with van der Waals surface area (Å²) in [6, 6.07) is 4.97. The van der Waals surface area contributed by atoms with Gasteiger partial charge in [-0.2, -0.15) is 0 Å². The van der Waals surface area contributed by atoms with Crippen LogP contribution in [0.2, 0.25) is 0 Å². The Morgan fingerprint density at radius 1 is 1.09 bits per heavy atom. The van der Waals surface area contributed by atoms with E-state index < -0.39 is 0 Å². The van der Waals surface area contributed by atoms with Gasteiger partial charge in [-0.3, -0.25) is 14.9 Å². The lowest BCUT2D eigenvalue weighted by atomic mass is 9.87. The first kappa shape index (κ1) is 21.6. The normalized spacial score (nSPS) is 31.5. The number of nitrogens with zero attached hydrogens (tertiary/aromatic N) is 6. The molecule has 0 spiro atoms. The summed E-state index contributed by atoms with van der Waals surface area (Å²) in [6.07, 6.45) is 10.7. The highest BCUT2D eigenvalue weighted by Gasteiger charge is 2.43. The van der Waals surface area contributed by atoms with E-state index >= 15 is 0 Å². The van der Waals surface area contributed by atoms with E-state index in [1.54, 1.807) is 0 Å². The number of amidine groups is 1. The summed E-state index contributed by atoms with van der Waals surface area (Å²) < 4.78 is 5.91. The van der Waals surface area contributed by atoms with E-state index in [9.17, 15) is 0 Å². The molecule has 0 amide bonds. The Kier molecular flexibility index (Phi) is 6.05. The van der Waals surface area contributed by atoms with Crippen molar-refractivity contribution in [2.45, 2.75) is 44.0 Å². The first-order chi connectivity index (χ1) is 15.5. The number of aryl methyl sites for hydroxylation is 1. The number of aromatic nitrogens is 1. The third kappa shape index (κ3) is 3.98. The predicted molar refractivity (Wildman–Crippen MR) is 128 cm³/mol. The fourth-order valence-electron chi connectivity index (χ4n) is 5.68. The standard InChI is InChI=1S/C25H36N6O/c1-18-7-6-10-26-25(18)22-16-19(32-4)15-21(29(22)3)20-17-31-23(27-20)8-5-9-24(31)30-13-11-28(2)12-14-30/h5-10,19-22H,11-17H2,1-4H3/t19-,20?,21+,22-/m0/s1.